The summed E-state index contributed by atoms with van der Waals surface area (Å²) in [6.45, 7) is 7.20. The number of ether oxygens (including phenoxy) is 1. The lowest BCUT2D eigenvalue weighted by atomic mass is 10.1. The average molecular weight is 450 g/mol. The number of carbonyl (C=O) groups is 1. The van der Waals surface area contributed by atoms with Crippen molar-refractivity contribution in [2.24, 2.45) is 0 Å². The molecular formula is C24H27N5O4. The summed E-state index contributed by atoms with van der Waals surface area (Å²) < 4.78 is 7.33. The van der Waals surface area contributed by atoms with Crippen molar-refractivity contribution < 1.29 is 14.5 Å². The summed E-state index contributed by atoms with van der Waals surface area (Å²) in [5, 5.41) is 14.4. The molecule has 1 amide bonds. The predicted octanol–water partition coefficient (Wildman–Crippen LogP) is 3.32. The maximum Gasteiger partial charge on any atom is 0.294 e. The highest BCUT2D eigenvalue weighted by Gasteiger charge is 2.22. The Morgan fingerprint density at radius 1 is 1.15 bits per heavy atom. The molecule has 4 rings (SSSR count). The number of hydrogen-bond acceptors (Lipinski definition) is 6. The molecule has 2 heterocycles. The van der Waals surface area contributed by atoms with Crippen LogP contribution < -0.4 is 5.32 Å². The third kappa shape index (κ3) is 5.63. The molecule has 0 spiro atoms. The molecule has 2 unspecified atom stereocenters. The fraction of sp³-hybridized carbons (Fsp3) is 0.333. The van der Waals surface area contributed by atoms with Crippen molar-refractivity contribution >= 4 is 11.6 Å². The van der Waals surface area contributed by atoms with Gasteiger partial charge in [-0.05, 0) is 37.1 Å². The Morgan fingerprint density at radius 3 is 2.48 bits per heavy atom. The Labute approximate surface area is 192 Å². The van der Waals surface area contributed by atoms with Crippen LogP contribution in [0.1, 0.15) is 35.3 Å². The minimum absolute atomic E-state index is 0.156. The monoisotopic (exact) mass is 449 g/mol. The fourth-order valence-corrected chi connectivity index (χ4v) is 4.15. The maximum absolute atomic E-state index is 12.6. The molecule has 0 aliphatic carbocycles. The third-order valence-corrected chi connectivity index (χ3v) is 5.59. The number of nitro groups is 1. The smallest absolute Gasteiger partial charge is 0.294 e. The van der Waals surface area contributed by atoms with Gasteiger partial charge in [-0.2, -0.15) is 0 Å². The number of nitrogens with zero attached hydrogens (tertiary/aromatic N) is 4. The Kier molecular flexibility index (Phi) is 6.81. The molecule has 0 radical (unpaired) electrons. The highest BCUT2D eigenvalue weighted by Crippen LogP contribution is 2.24. The molecule has 0 saturated carbocycles. The molecule has 0 bridgehead atoms. The summed E-state index contributed by atoms with van der Waals surface area (Å²) in [4.78, 5) is 29.9. The number of rotatable bonds is 7. The van der Waals surface area contributed by atoms with E-state index in [4.69, 9.17) is 4.74 Å². The van der Waals surface area contributed by atoms with Gasteiger partial charge < -0.3 is 14.6 Å². The van der Waals surface area contributed by atoms with Crippen LogP contribution >= 0.6 is 0 Å². The van der Waals surface area contributed by atoms with E-state index in [9.17, 15) is 14.9 Å². The minimum Gasteiger partial charge on any atom is -0.373 e. The number of amides is 1. The van der Waals surface area contributed by atoms with E-state index in [0.29, 0.717) is 12.2 Å². The standard InChI is InChI=1S/C24H27N5O4/c1-17-13-27(14-18(2)33-17)15-20-5-3-19(4-6-20)12-26-24(30)21-7-8-22(23(11-21)29(31)32)28-10-9-25-16-28/h3-11,16-18H,12-15H2,1-2H3,(H,26,30). The van der Waals surface area contributed by atoms with Crippen molar-refractivity contribution in [3.05, 3.63) is 88.0 Å². The number of carbonyl (C=O) groups excluding carboxylic acids is 1. The number of hydrogen-bond donors (Lipinski definition) is 1. The molecule has 9 nitrogen and oxygen atoms in total. The fourth-order valence-electron chi connectivity index (χ4n) is 4.15. The highest BCUT2D eigenvalue weighted by molar-refractivity contribution is 5.95. The number of aromatic nitrogens is 2. The SMILES string of the molecule is CC1CN(Cc2ccc(CNC(=O)c3ccc(-n4ccnc4)c([N+](=O)[O-])c3)cc2)CC(C)O1. The van der Waals surface area contributed by atoms with Gasteiger partial charge in [0.05, 0.1) is 23.5 Å². The summed E-state index contributed by atoms with van der Waals surface area (Å²) in [7, 11) is 0. The van der Waals surface area contributed by atoms with E-state index in [0.717, 1.165) is 25.2 Å². The van der Waals surface area contributed by atoms with Crippen molar-refractivity contribution in [1.82, 2.24) is 19.8 Å². The zero-order chi connectivity index (χ0) is 23.4. The second-order valence-electron chi connectivity index (χ2n) is 8.38. The number of morpholine rings is 1. The lowest BCUT2D eigenvalue weighted by Gasteiger charge is -2.35. The first-order chi connectivity index (χ1) is 15.9. The van der Waals surface area contributed by atoms with Crippen molar-refractivity contribution in [3.63, 3.8) is 0 Å². The third-order valence-electron chi connectivity index (χ3n) is 5.59. The lowest BCUT2D eigenvalue weighted by molar-refractivity contribution is -0.384. The maximum atomic E-state index is 12.6. The van der Waals surface area contributed by atoms with E-state index in [1.54, 1.807) is 22.9 Å². The minimum atomic E-state index is -0.499. The quantitative estimate of drug-likeness (QED) is 0.439. The first-order valence-electron chi connectivity index (χ1n) is 10.9. The van der Waals surface area contributed by atoms with Crippen LogP contribution in [0.2, 0.25) is 0 Å². The molecule has 2 atom stereocenters. The van der Waals surface area contributed by atoms with E-state index >= 15 is 0 Å². The van der Waals surface area contributed by atoms with Gasteiger partial charge in [0.1, 0.15) is 5.69 Å². The van der Waals surface area contributed by atoms with Crippen molar-refractivity contribution in [2.45, 2.75) is 39.1 Å². The molecule has 2 aromatic carbocycles. The predicted molar refractivity (Wildman–Crippen MR) is 123 cm³/mol. The second-order valence-corrected chi connectivity index (χ2v) is 8.38. The van der Waals surface area contributed by atoms with Gasteiger partial charge in [0.2, 0.25) is 0 Å². The van der Waals surface area contributed by atoms with Gasteiger partial charge in [-0.1, -0.05) is 24.3 Å². The first kappa shape index (κ1) is 22.6. The molecule has 1 aliphatic heterocycles. The van der Waals surface area contributed by atoms with E-state index in [1.165, 1.54) is 24.2 Å². The molecule has 9 heteroatoms. The molecule has 1 aromatic heterocycles. The number of imidazole rings is 1. The van der Waals surface area contributed by atoms with Crippen molar-refractivity contribution in [2.75, 3.05) is 13.1 Å². The Morgan fingerprint density at radius 2 is 1.85 bits per heavy atom. The summed E-state index contributed by atoms with van der Waals surface area (Å²) in [5.41, 5.74) is 2.60. The summed E-state index contributed by atoms with van der Waals surface area (Å²) in [5.74, 6) is -0.365. The van der Waals surface area contributed by atoms with Gasteiger partial charge >= 0.3 is 0 Å². The number of nitro benzene ring substituents is 1. The molecule has 33 heavy (non-hydrogen) atoms. The number of benzene rings is 2. The zero-order valence-corrected chi connectivity index (χ0v) is 18.7. The Hall–Kier alpha value is -3.56. The van der Waals surface area contributed by atoms with Crippen LogP contribution in [0.5, 0.6) is 0 Å². The molecule has 1 aliphatic rings. The van der Waals surface area contributed by atoms with Crippen LogP contribution in [0.25, 0.3) is 5.69 Å². The van der Waals surface area contributed by atoms with Gasteiger partial charge in [-0.3, -0.25) is 19.8 Å². The molecule has 1 N–H and O–H groups in total. The Bertz CT molecular complexity index is 1100. The van der Waals surface area contributed by atoms with Crippen LogP contribution in [0, 0.1) is 10.1 Å². The van der Waals surface area contributed by atoms with Gasteiger partial charge in [0.25, 0.3) is 11.6 Å². The van der Waals surface area contributed by atoms with E-state index in [2.05, 4.69) is 41.2 Å². The zero-order valence-electron chi connectivity index (χ0n) is 18.7. The van der Waals surface area contributed by atoms with Crippen molar-refractivity contribution in [1.29, 1.82) is 0 Å². The average Bonchev–Trinajstić information content (AvgIpc) is 3.32. The molecule has 1 fully saturated rings. The van der Waals surface area contributed by atoms with Gasteiger partial charge in [0, 0.05) is 50.2 Å². The molecular weight excluding hydrogens is 422 g/mol. The van der Waals surface area contributed by atoms with Gasteiger partial charge in [-0.15, -0.1) is 0 Å². The second kappa shape index (κ2) is 9.93. The topological polar surface area (TPSA) is 103 Å². The van der Waals surface area contributed by atoms with Crippen LogP contribution in [0.3, 0.4) is 0 Å². The molecule has 3 aromatic rings. The van der Waals surface area contributed by atoms with Gasteiger partial charge in [-0.25, -0.2) is 4.98 Å². The molecule has 172 valence electrons. The van der Waals surface area contributed by atoms with Crippen LogP contribution in [0.4, 0.5) is 5.69 Å². The Balaban J connectivity index is 1.37. The summed E-state index contributed by atoms with van der Waals surface area (Å²) in [6, 6.07) is 12.5. The van der Waals surface area contributed by atoms with Crippen LogP contribution in [0.15, 0.2) is 61.2 Å². The summed E-state index contributed by atoms with van der Waals surface area (Å²) in [6.07, 6.45) is 5.09. The van der Waals surface area contributed by atoms with E-state index in [1.807, 2.05) is 12.1 Å². The lowest BCUT2D eigenvalue weighted by Crippen LogP contribution is -2.44. The number of nitrogens with one attached hydrogen (secondary N) is 1. The van der Waals surface area contributed by atoms with Crippen LogP contribution in [-0.4, -0.2) is 50.6 Å². The van der Waals surface area contributed by atoms with E-state index < -0.39 is 4.92 Å². The van der Waals surface area contributed by atoms with Gasteiger partial charge in [0.15, 0.2) is 0 Å². The largest absolute Gasteiger partial charge is 0.373 e. The highest BCUT2D eigenvalue weighted by atomic mass is 16.6. The normalized spacial score (nSPS) is 18.7. The first-order valence-corrected chi connectivity index (χ1v) is 10.9. The van der Waals surface area contributed by atoms with Crippen molar-refractivity contribution in [3.8, 4) is 5.69 Å². The van der Waals surface area contributed by atoms with Crippen LogP contribution in [-0.2, 0) is 17.8 Å². The summed E-state index contributed by atoms with van der Waals surface area (Å²) >= 11 is 0. The molecule has 1 saturated heterocycles. The van der Waals surface area contributed by atoms with E-state index in [-0.39, 0.29) is 29.4 Å².